The number of imidazole rings is 1. The van der Waals surface area contributed by atoms with Gasteiger partial charge in [0.2, 0.25) is 0 Å². The minimum Gasteiger partial charge on any atom is -0.372 e. The maximum atomic E-state index is 4.57. The van der Waals surface area contributed by atoms with Gasteiger partial charge in [-0.05, 0) is 25.4 Å². The normalized spacial score (nSPS) is 19.6. The van der Waals surface area contributed by atoms with Crippen LogP contribution in [-0.4, -0.2) is 52.5 Å². The third kappa shape index (κ3) is 2.56. The average Bonchev–Trinajstić information content (AvgIpc) is 3.12. The van der Waals surface area contributed by atoms with Gasteiger partial charge in [0.1, 0.15) is 5.82 Å². The first kappa shape index (κ1) is 13.2. The molecule has 0 radical (unpaired) electrons. The second-order valence-electron chi connectivity index (χ2n) is 5.31. The van der Waals surface area contributed by atoms with E-state index < -0.39 is 0 Å². The molecule has 1 aliphatic heterocycles. The van der Waals surface area contributed by atoms with Gasteiger partial charge >= 0.3 is 0 Å². The Morgan fingerprint density at radius 1 is 1.45 bits per heavy atom. The smallest absolute Gasteiger partial charge is 0.180 e. The van der Waals surface area contributed by atoms with E-state index in [1.54, 1.807) is 6.20 Å². The van der Waals surface area contributed by atoms with Crippen molar-refractivity contribution in [2.45, 2.75) is 13.3 Å². The lowest BCUT2D eigenvalue weighted by atomic mass is 10.1. The number of hydrogen-bond donors (Lipinski definition) is 2. The molecule has 2 N–H and O–H groups in total. The number of fused-ring (bicyclic) bond motifs is 1. The molecule has 108 valence electrons. The molecule has 0 spiro atoms. The number of likely N-dealkylation sites (tertiary alicyclic amines) is 1. The van der Waals surface area contributed by atoms with Gasteiger partial charge in [0.25, 0.3) is 0 Å². The zero-order valence-electron chi connectivity index (χ0n) is 12.1. The first-order chi connectivity index (χ1) is 9.80. The van der Waals surface area contributed by atoms with Crippen LogP contribution in [0.1, 0.15) is 13.3 Å². The summed E-state index contributed by atoms with van der Waals surface area (Å²) >= 11 is 0. The summed E-state index contributed by atoms with van der Waals surface area (Å²) in [5.74, 6) is 2.40. The lowest BCUT2D eigenvalue weighted by molar-refractivity contribution is 0.345. The van der Waals surface area contributed by atoms with E-state index in [-0.39, 0.29) is 0 Å². The first-order valence-electron chi connectivity index (χ1n) is 7.28. The highest BCUT2D eigenvalue weighted by molar-refractivity contribution is 5.65. The topological polar surface area (TPSA) is 57.5 Å². The summed E-state index contributed by atoms with van der Waals surface area (Å²) in [5.41, 5.74) is 0.884. The van der Waals surface area contributed by atoms with Crippen LogP contribution in [0.3, 0.4) is 0 Å². The molecule has 0 amide bonds. The number of hydrogen-bond acceptors (Lipinski definition) is 5. The lowest BCUT2D eigenvalue weighted by Gasteiger charge is -2.15. The van der Waals surface area contributed by atoms with Crippen molar-refractivity contribution in [3.63, 3.8) is 0 Å². The zero-order chi connectivity index (χ0) is 13.9. The summed E-state index contributed by atoms with van der Waals surface area (Å²) < 4.78 is 1.99. The molecule has 0 bridgehead atoms. The van der Waals surface area contributed by atoms with E-state index in [9.17, 15) is 0 Å². The van der Waals surface area contributed by atoms with Crippen molar-refractivity contribution >= 4 is 17.3 Å². The number of rotatable bonds is 5. The molecule has 0 aliphatic carbocycles. The molecule has 6 heteroatoms. The Hall–Kier alpha value is -1.82. The summed E-state index contributed by atoms with van der Waals surface area (Å²) in [6.45, 7) is 6.72. The van der Waals surface area contributed by atoms with Crippen LogP contribution in [0.15, 0.2) is 18.6 Å². The highest BCUT2D eigenvalue weighted by Crippen LogP contribution is 2.19. The number of nitrogens with zero attached hydrogens (tertiary/aromatic N) is 4. The molecule has 0 saturated carbocycles. The van der Waals surface area contributed by atoms with Crippen molar-refractivity contribution in [2.24, 2.45) is 5.92 Å². The van der Waals surface area contributed by atoms with Crippen LogP contribution < -0.4 is 10.6 Å². The molecule has 3 heterocycles. The van der Waals surface area contributed by atoms with Crippen molar-refractivity contribution in [1.82, 2.24) is 19.3 Å². The molecular formula is C14H22N6. The van der Waals surface area contributed by atoms with Crippen LogP contribution in [0.4, 0.5) is 11.6 Å². The fraction of sp³-hybridized carbons (Fsp3) is 0.571. The molecule has 20 heavy (non-hydrogen) atoms. The van der Waals surface area contributed by atoms with Crippen molar-refractivity contribution < 1.29 is 0 Å². The molecule has 1 unspecified atom stereocenters. The van der Waals surface area contributed by atoms with Gasteiger partial charge in [0.15, 0.2) is 11.5 Å². The van der Waals surface area contributed by atoms with Crippen LogP contribution in [0.25, 0.3) is 5.65 Å². The van der Waals surface area contributed by atoms with E-state index in [1.165, 1.54) is 19.5 Å². The highest BCUT2D eigenvalue weighted by Gasteiger charge is 2.21. The molecule has 2 aromatic heterocycles. The van der Waals surface area contributed by atoms with Gasteiger partial charge < -0.3 is 19.9 Å². The van der Waals surface area contributed by atoms with Crippen molar-refractivity contribution in [3.05, 3.63) is 18.6 Å². The van der Waals surface area contributed by atoms with Crippen molar-refractivity contribution in [3.8, 4) is 0 Å². The van der Waals surface area contributed by atoms with E-state index in [1.807, 2.05) is 23.8 Å². The summed E-state index contributed by atoms with van der Waals surface area (Å²) in [7, 11) is 1.88. The molecule has 1 aliphatic rings. The van der Waals surface area contributed by atoms with Gasteiger partial charge in [0.05, 0.1) is 6.20 Å². The van der Waals surface area contributed by atoms with Gasteiger partial charge in [-0.15, -0.1) is 0 Å². The summed E-state index contributed by atoms with van der Waals surface area (Å²) in [6.07, 6.45) is 6.95. The van der Waals surface area contributed by atoms with Gasteiger partial charge in [-0.2, -0.15) is 0 Å². The minimum absolute atomic E-state index is 0.699. The van der Waals surface area contributed by atoms with Crippen LogP contribution in [0, 0.1) is 5.92 Å². The van der Waals surface area contributed by atoms with E-state index in [2.05, 4.69) is 32.4 Å². The Balaban J connectivity index is 1.72. The molecule has 1 atom stereocenters. The standard InChI is InChI=1S/C14H22N6/c1-3-19-6-4-11(9-19)8-17-13-14-16-5-7-20(14)10-12(15-2)18-13/h5,7,10-11,15H,3-4,6,8-9H2,1-2H3,(H,17,18). The van der Waals surface area contributed by atoms with Gasteiger partial charge in [-0.3, -0.25) is 0 Å². The maximum absolute atomic E-state index is 4.57. The Kier molecular flexibility index (Phi) is 3.73. The second-order valence-corrected chi connectivity index (χ2v) is 5.31. The summed E-state index contributed by atoms with van der Waals surface area (Å²) in [4.78, 5) is 11.4. The average molecular weight is 274 g/mol. The van der Waals surface area contributed by atoms with Crippen LogP contribution in [-0.2, 0) is 0 Å². The monoisotopic (exact) mass is 274 g/mol. The zero-order valence-corrected chi connectivity index (χ0v) is 12.1. The van der Waals surface area contributed by atoms with E-state index in [0.29, 0.717) is 5.92 Å². The molecule has 1 fully saturated rings. The minimum atomic E-state index is 0.699. The Bertz CT molecular complexity index is 578. The largest absolute Gasteiger partial charge is 0.372 e. The fourth-order valence-electron chi connectivity index (χ4n) is 2.78. The molecule has 0 aromatic carbocycles. The predicted molar refractivity (Wildman–Crippen MR) is 81.2 cm³/mol. The molecule has 1 saturated heterocycles. The maximum Gasteiger partial charge on any atom is 0.180 e. The van der Waals surface area contributed by atoms with Crippen LogP contribution in [0.2, 0.25) is 0 Å². The van der Waals surface area contributed by atoms with E-state index >= 15 is 0 Å². The molecule has 2 aromatic rings. The molecular weight excluding hydrogens is 252 g/mol. The van der Waals surface area contributed by atoms with Gasteiger partial charge in [0, 0.05) is 32.5 Å². The molecule has 3 rings (SSSR count). The number of aromatic nitrogens is 3. The van der Waals surface area contributed by atoms with E-state index in [0.717, 1.165) is 30.4 Å². The second kappa shape index (κ2) is 5.66. The Morgan fingerprint density at radius 3 is 3.10 bits per heavy atom. The highest BCUT2D eigenvalue weighted by atomic mass is 15.2. The van der Waals surface area contributed by atoms with Crippen LogP contribution in [0.5, 0.6) is 0 Å². The van der Waals surface area contributed by atoms with Crippen molar-refractivity contribution in [2.75, 3.05) is 43.9 Å². The Labute approximate surface area is 119 Å². The Morgan fingerprint density at radius 2 is 2.35 bits per heavy atom. The van der Waals surface area contributed by atoms with E-state index in [4.69, 9.17) is 0 Å². The molecule has 6 nitrogen and oxygen atoms in total. The van der Waals surface area contributed by atoms with Gasteiger partial charge in [-0.1, -0.05) is 6.92 Å². The number of nitrogens with one attached hydrogen (secondary N) is 2. The number of anilines is 2. The lowest BCUT2D eigenvalue weighted by Crippen LogP contribution is -2.22. The quantitative estimate of drug-likeness (QED) is 0.866. The third-order valence-electron chi connectivity index (χ3n) is 4.01. The first-order valence-corrected chi connectivity index (χ1v) is 7.28. The van der Waals surface area contributed by atoms with Crippen molar-refractivity contribution in [1.29, 1.82) is 0 Å². The SMILES string of the molecule is CCN1CCC(CNc2nc(NC)cn3ccnc23)C1. The van der Waals surface area contributed by atoms with Crippen LogP contribution >= 0.6 is 0 Å². The van der Waals surface area contributed by atoms with Gasteiger partial charge in [-0.25, -0.2) is 9.97 Å². The predicted octanol–water partition coefficient (Wildman–Crippen LogP) is 1.52. The summed E-state index contributed by atoms with van der Waals surface area (Å²) in [5, 5.41) is 6.56. The summed E-state index contributed by atoms with van der Waals surface area (Å²) in [6, 6.07) is 0. The third-order valence-corrected chi connectivity index (χ3v) is 4.01. The fourth-order valence-corrected chi connectivity index (χ4v) is 2.78.